The van der Waals surface area contributed by atoms with E-state index in [0.717, 1.165) is 21.8 Å². The standard InChI is InChI=1S/C23H27N3O3S2/c1-3-26(4-2)31(28,29)20-13-10-18(11-14-20)12-15-22(27)24-16-23-25-21(17-30-23)19-8-6-5-7-9-19/h5-11,13-14,17H,3-4,12,15-16H2,1-2H3,(H,24,27). The van der Waals surface area contributed by atoms with Crippen molar-refractivity contribution in [1.29, 1.82) is 0 Å². The van der Waals surface area contributed by atoms with Crippen LogP contribution in [0.3, 0.4) is 0 Å². The van der Waals surface area contributed by atoms with Gasteiger partial charge in [-0.1, -0.05) is 56.3 Å². The average Bonchev–Trinajstić information content (AvgIpc) is 3.27. The number of nitrogens with zero attached hydrogens (tertiary/aromatic N) is 2. The highest BCUT2D eigenvalue weighted by molar-refractivity contribution is 7.89. The molecule has 0 saturated carbocycles. The topological polar surface area (TPSA) is 79.4 Å². The van der Waals surface area contributed by atoms with Crippen molar-refractivity contribution in [3.8, 4) is 11.3 Å². The van der Waals surface area contributed by atoms with Crippen molar-refractivity contribution in [3.63, 3.8) is 0 Å². The molecule has 0 unspecified atom stereocenters. The molecule has 1 aromatic heterocycles. The van der Waals surface area contributed by atoms with Crippen molar-refractivity contribution in [3.05, 3.63) is 70.5 Å². The highest BCUT2D eigenvalue weighted by Crippen LogP contribution is 2.21. The van der Waals surface area contributed by atoms with Gasteiger partial charge in [-0.05, 0) is 24.1 Å². The molecule has 31 heavy (non-hydrogen) atoms. The number of sulfonamides is 1. The van der Waals surface area contributed by atoms with Crippen molar-refractivity contribution in [2.24, 2.45) is 0 Å². The van der Waals surface area contributed by atoms with E-state index in [4.69, 9.17) is 0 Å². The van der Waals surface area contributed by atoms with Gasteiger partial charge in [0.05, 0.1) is 17.1 Å². The number of rotatable bonds is 10. The van der Waals surface area contributed by atoms with E-state index < -0.39 is 10.0 Å². The summed E-state index contributed by atoms with van der Waals surface area (Å²) >= 11 is 1.52. The highest BCUT2D eigenvalue weighted by atomic mass is 32.2. The van der Waals surface area contributed by atoms with E-state index in [9.17, 15) is 13.2 Å². The van der Waals surface area contributed by atoms with E-state index in [1.54, 1.807) is 24.3 Å². The van der Waals surface area contributed by atoms with Gasteiger partial charge in [-0.25, -0.2) is 13.4 Å². The molecule has 0 aliphatic rings. The van der Waals surface area contributed by atoms with Gasteiger partial charge in [0.15, 0.2) is 0 Å². The molecule has 1 N–H and O–H groups in total. The summed E-state index contributed by atoms with van der Waals surface area (Å²) in [6.07, 6.45) is 0.879. The van der Waals surface area contributed by atoms with Gasteiger partial charge in [0.1, 0.15) is 5.01 Å². The van der Waals surface area contributed by atoms with Crippen LogP contribution in [0, 0.1) is 0 Å². The molecule has 1 amide bonds. The summed E-state index contributed by atoms with van der Waals surface area (Å²) in [6, 6.07) is 16.7. The van der Waals surface area contributed by atoms with Gasteiger partial charge in [0.25, 0.3) is 0 Å². The Labute approximate surface area is 188 Å². The number of aryl methyl sites for hydroxylation is 1. The monoisotopic (exact) mass is 457 g/mol. The fourth-order valence-corrected chi connectivity index (χ4v) is 5.40. The van der Waals surface area contributed by atoms with Crippen LogP contribution in [-0.2, 0) is 27.8 Å². The second-order valence-corrected chi connectivity index (χ2v) is 9.88. The fourth-order valence-electron chi connectivity index (χ4n) is 3.19. The first-order valence-corrected chi connectivity index (χ1v) is 12.6. The van der Waals surface area contributed by atoms with Crippen molar-refractivity contribution in [2.75, 3.05) is 13.1 Å². The van der Waals surface area contributed by atoms with E-state index in [2.05, 4.69) is 10.3 Å². The summed E-state index contributed by atoms with van der Waals surface area (Å²) < 4.78 is 26.5. The highest BCUT2D eigenvalue weighted by Gasteiger charge is 2.21. The van der Waals surface area contributed by atoms with Gasteiger partial charge >= 0.3 is 0 Å². The summed E-state index contributed by atoms with van der Waals surface area (Å²) in [5.74, 6) is -0.0590. The number of carbonyl (C=O) groups excluding carboxylic acids is 1. The van der Waals surface area contributed by atoms with Gasteiger partial charge in [0.2, 0.25) is 15.9 Å². The molecule has 0 bridgehead atoms. The molecule has 164 valence electrons. The lowest BCUT2D eigenvalue weighted by molar-refractivity contribution is -0.121. The van der Waals surface area contributed by atoms with Gasteiger partial charge in [-0.3, -0.25) is 4.79 Å². The number of hydrogen-bond acceptors (Lipinski definition) is 5. The third kappa shape index (κ3) is 6.00. The number of benzene rings is 2. The molecule has 0 spiro atoms. The number of aromatic nitrogens is 1. The summed E-state index contributed by atoms with van der Waals surface area (Å²) in [5.41, 5.74) is 2.90. The van der Waals surface area contributed by atoms with Crippen molar-refractivity contribution < 1.29 is 13.2 Å². The smallest absolute Gasteiger partial charge is 0.243 e. The van der Waals surface area contributed by atoms with Crippen molar-refractivity contribution >= 4 is 27.3 Å². The average molecular weight is 458 g/mol. The summed E-state index contributed by atoms with van der Waals surface area (Å²) in [5, 5.41) is 5.76. The molecule has 2 aromatic carbocycles. The van der Waals surface area contributed by atoms with Crippen LogP contribution in [0.15, 0.2) is 64.9 Å². The van der Waals surface area contributed by atoms with Gasteiger partial charge < -0.3 is 5.32 Å². The number of hydrogen-bond donors (Lipinski definition) is 1. The Bertz CT molecular complexity index is 1090. The molecule has 1 heterocycles. The van der Waals surface area contributed by atoms with Crippen molar-refractivity contribution in [1.82, 2.24) is 14.6 Å². The molecule has 0 aliphatic heterocycles. The predicted molar refractivity (Wildman–Crippen MR) is 124 cm³/mol. The summed E-state index contributed by atoms with van der Waals surface area (Å²) in [7, 11) is -3.46. The zero-order valence-electron chi connectivity index (χ0n) is 17.7. The van der Waals surface area contributed by atoms with Gasteiger partial charge in [-0.2, -0.15) is 4.31 Å². The molecular weight excluding hydrogens is 430 g/mol. The maximum absolute atomic E-state index is 12.5. The molecule has 6 nitrogen and oxygen atoms in total. The van der Waals surface area contributed by atoms with E-state index in [1.165, 1.54) is 15.6 Å². The molecule has 0 saturated heterocycles. The van der Waals surface area contributed by atoms with E-state index in [1.807, 2.05) is 49.6 Å². The Morgan fingerprint density at radius 1 is 1.03 bits per heavy atom. The minimum atomic E-state index is -3.46. The zero-order chi connectivity index (χ0) is 22.3. The molecule has 0 atom stereocenters. The van der Waals surface area contributed by atoms with Gasteiger partial charge in [-0.15, -0.1) is 11.3 Å². The Morgan fingerprint density at radius 3 is 2.35 bits per heavy atom. The third-order valence-electron chi connectivity index (χ3n) is 4.97. The number of amides is 1. The molecule has 0 fully saturated rings. The van der Waals surface area contributed by atoms with Crippen LogP contribution in [0.4, 0.5) is 0 Å². The number of nitrogens with one attached hydrogen (secondary N) is 1. The van der Waals surface area contributed by atoms with Crippen molar-refractivity contribution in [2.45, 2.75) is 38.1 Å². The Kier molecular flexibility index (Phi) is 7.95. The normalized spacial score (nSPS) is 11.6. The minimum absolute atomic E-state index is 0.0590. The molecule has 0 aliphatic carbocycles. The van der Waals surface area contributed by atoms with Gasteiger partial charge in [0, 0.05) is 30.5 Å². The number of thiazole rings is 1. The van der Waals surface area contributed by atoms with Crippen LogP contribution in [0.25, 0.3) is 11.3 Å². The largest absolute Gasteiger partial charge is 0.350 e. The first-order chi connectivity index (χ1) is 14.9. The van der Waals surface area contributed by atoms with E-state index in [-0.39, 0.29) is 10.8 Å². The van der Waals surface area contributed by atoms with Crippen LogP contribution >= 0.6 is 11.3 Å². The summed E-state index contributed by atoms with van der Waals surface area (Å²) in [6.45, 7) is 4.92. The third-order valence-corrected chi connectivity index (χ3v) is 7.88. The Balaban J connectivity index is 1.49. The Morgan fingerprint density at radius 2 is 1.71 bits per heavy atom. The predicted octanol–water partition coefficient (Wildman–Crippen LogP) is 4.09. The number of carbonyl (C=O) groups is 1. The fraction of sp³-hybridized carbons (Fsp3) is 0.304. The van der Waals surface area contributed by atoms with Crippen LogP contribution < -0.4 is 5.32 Å². The minimum Gasteiger partial charge on any atom is -0.350 e. The first-order valence-electron chi connectivity index (χ1n) is 10.3. The summed E-state index contributed by atoms with van der Waals surface area (Å²) in [4.78, 5) is 17.1. The molecular formula is C23H27N3O3S2. The maximum atomic E-state index is 12.5. The maximum Gasteiger partial charge on any atom is 0.243 e. The second kappa shape index (κ2) is 10.7. The first kappa shape index (κ1) is 23.1. The lowest BCUT2D eigenvalue weighted by Crippen LogP contribution is -2.30. The van der Waals surface area contributed by atoms with Crippen LogP contribution in [-0.4, -0.2) is 36.7 Å². The van der Waals surface area contributed by atoms with Crippen LogP contribution in [0.5, 0.6) is 0 Å². The van der Waals surface area contributed by atoms with E-state index >= 15 is 0 Å². The molecule has 3 aromatic rings. The lowest BCUT2D eigenvalue weighted by Gasteiger charge is -2.18. The lowest BCUT2D eigenvalue weighted by atomic mass is 10.1. The molecule has 8 heteroatoms. The quantitative estimate of drug-likeness (QED) is 0.497. The Hall–Kier alpha value is -2.55. The molecule has 3 rings (SSSR count). The van der Waals surface area contributed by atoms with Crippen LogP contribution in [0.1, 0.15) is 30.8 Å². The SMILES string of the molecule is CCN(CC)S(=O)(=O)c1ccc(CCC(=O)NCc2nc(-c3ccccc3)cs2)cc1. The van der Waals surface area contributed by atoms with Crippen LogP contribution in [0.2, 0.25) is 0 Å². The zero-order valence-corrected chi connectivity index (χ0v) is 19.4. The second-order valence-electron chi connectivity index (χ2n) is 7.00. The van der Waals surface area contributed by atoms with E-state index in [0.29, 0.717) is 32.5 Å². The molecule has 0 radical (unpaired) electrons.